The van der Waals surface area contributed by atoms with E-state index in [2.05, 4.69) is 33.4 Å². The number of guanidine groups is 1. The molecule has 182 valence electrons. The summed E-state index contributed by atoms with van der Waals surface area (Å²) in [6.45, 7) is 9.12. The molecule has 0 radical (unpaired) electrons. The lowest BCUT2D eigenvalue weighted by atomic mass is 9.97. The van der Waals surface area contributed by atoms with Crippen LogP contribution in [0.2, 0.25) is 0 Å². The van der Waals surface area contributed by atoms with Gasteiger partial charge in [0.25, 0.3) is 0 Å². The van der Waals surface area contributed by atoms with Crippen LogP contribution in [0, 0.1) is 0 Å². The fraction of sp³-hybridized carbons (Fsp3) is 0.385. The number of nitrogens with zero attached hydrogens (tertiary/aromatic N) is 4. The molecule has 2 aromatic rings. The molecule has 3 rings (SSSR count). The Morgan fingerprint density at radius 3 is 2.21 bits per heavy atom. The van der Waals surface area contributed by atoms with Crippen LogP contribution in [0.1, 0.15) is 24.5 Å². The summed E-state index contributed by atoms with van der Waals surface area (Å²) < 4.78 is 40.3. The van der Waals surface area contributed by atoms with Gasteiger partial charge in [-0.1, -0.05) is 37.8 Å². The molecule has 1 aliphatic rings. The first-order chi connectivity index (χ1) is 16.2. The largest absolute Gasteiger partial charge is 0.417 e. The maximum absolute atomic E-state index is 13.4. The molecule has 1 fully saturated rings. The molecule has 8 heteroatoms. The van der Waals surface area contributed by atoms with Gasteiger partial charge in [0.2, 0.25) is 5.96 Å². The van der Waals surface area contributed by atoms with Crippen LogP contribution in [-0.4, -0.2) is 56.0 Å². The number of halogens is 3. The Labute approximate surface area is 199 Å². The molecule has 0 amide bonds. The SMILES string of the molecule is C=C(C(CCc1ccccc1CC)=NC(N)=Nc1ccc(N2CCN(C)CC2)cc1)C(F)(F)F. The fourth-order valence-electron chi connectivity index (χ4n) is 3.94. The number of hydrogen-bond donors (Lipinski definition) is 1. The zero-order chi connectivity index (χ0) is 24.7. The number of piperazine rings is 1. The second-order valence-corrected chi connectivity index (χ2v) is 8.43. The van der Waals surface area contributed by atoms with Crippen molar-refractivity contribution < 1.29 is 13.2 Å². The molecular weight excluding hydrogens is 439 g/mol. The average Bonchev–Trinajstić information content (AvgIpc) is 2.82. The van der Waals surface area contributed by atoms with E-state index in [4.69, 9.17) is 5.73 Å². The fourth-order valence-corrected chi connectivity index (χ4v) is 3.94. The summed E-state index contributed by atoms with van der Waals surface area (Å²) in [6.07, 6.45) is -3.32. The Kier molecular flexibility index (Phi) is 8.50. The van der Waals surface area contributed by atoms with E-state index in [0.29, 0.717) is 12.1 Å². The quantitative estimate of drug-likeness (QED) is 0.449. The van der Waals surface area contributed by atoms with Gasteiger partial charge >= 0.3 is 6.18 Å². The minimum Gasteiger partial charge on any atom is -0.369 e. The summed E-state index contributed by atoms with van der Waals surface area (Å²) in [5, 5.41) is 0. The molecule has 34 heavy (non-hydrogen) atoms. The molecule has 0 aromatic heterocycles. The highest BCUT2D eigenvalue weighted by molar-refractivity contribution is 6.07. The molecule has 5 nitrogen and oxygen atoms in total. The first-order valence-electron chi connectivity index (χ1n) is 11.5. The van der Waals surface area contributed by atoms with Crippen molar-refractivity contribution in [3.05, 3.63) is 71.8 Å². The molecule has 0 saturated carbocycles. The van der Waals surface area contributed by atoms with E-state index < -0.39 is 11.7 Å². The summed E-state index contributed by atoms with van der Waals surface area (Å²) in [7, 11) is 2.10. The van der Waals surface area contributed by atoms with Crippen LogP contribution in [0.4, 0.5) is 24.5 Å². The van der Waals surface area contributed by atoms with Gasteiger partial charge in [0.05, 0.1) is 17.0 Å². The second-order valence-electron chi connectivity index (χ2n) is 8.43. The smallest absolute Gasteiger partial charge is 0.369 e. The summed E-state index contributed by atoms with van der Waals surface area (Å²) in [6, 6.07) is 15.2. The number of allylic oxidation sites excluding steroid dienone is 1. The van der Waals surface area contributed by atoms with Gasteiger partial charge in [-0.15, -0.1) is 0 Å². The Hall–Kier alpha value is -3.13. The zero-order valence-corrected chi connectivity index (χ0v) is 19.8. The number of rotatable bonds is 7. The first-order valence-corrected chi connectivity index (χ1v) is 11.5. The van der Waals surface area contributed by atoms with Crippen molar-refractivity contribution >= 4 is 23.0 Å². The highest BCUT2D eigenvalue weighted by Crippen LogP contribution is 2.27. The van der Waals surface area contributed by atoms with E-state index in [0.717, 1.165) is 49.4 Å². The standard InChI is InChI=1S/C26H32F3N5/c1-4-20-7-5-6-8-21(20)9-14-24(19(2)26(27,28)29)32-25(30)31-22-10-12-23(13-11-22)34-17-15-33(3)16-18-34/h5-8,10-13H,2,4,9,14-18H2,1,3H3,(H2,30,31). The van der Waals surface area contributed by atoms with Crippen LogP contribution >= 0.6 is 0 Å². The molecule has 2 N–H and O–H groups in total. The van der Waals surface area contributed by atoms with Crippen LogP contribution < -0.4 is 10.6 Å². The van der Waals surface area contributed by atoms with E-state index in [1.807, 2.05) is 43.3 Å². The van der Waals surface area contributed by atoms with Gasteiger partial charge in [-0.05, 0) is 61.7 Å². The minimum absolute atomic E-state index is 0.0634. The molecule has 1 heterocycles. The number of nitrogens with two attached hydrogens (primary N) is 1. The summed E-state index contributed by atoms with van der Waals surface area (Å²) in [4.78, 5) is 12.8. The molecule has 0 atom stereocenters. The van der Waals surface area contributed by atoms with Crippen molar-refractivity contribution in [3.8, 4) is 0 Å². The first kappa shape index (κ1) is 25.5. The molecular formula is C26H32F3N5. The summed E-state index contributed by atoms with van der Waals surface area (Å²) in [5.74, 6) is -0.225. The lowest BCUT2D eigenvalue weighted by molar-refractivity contribution is -0.0858. The van der Waals surface area contributed by atoms with Gasteiger partial charge in [-0.3, -0.25) is 0 Å². The van der Waals surface area contributed by atoms with Gasteiger partial charge in [-0.25, -0.2) is 9.98 Å². The topological polar surface area (TPSA) is 57.2 Å². The van der Waals surface area contributed by atoms with E-state index in [9.17, 15) is 13.2 Å². The number of aryl methyl sites for hydroxylation is 2. The summed E-state index contributed by atoms with van der Waals surface area (Å²) >= 11 is 0. The highest BCUT2D eigenvalue weighted by Gasteiger charge is 2.35. The van der Waals surface area contributed by atoms with E-state index in [-0.39, 0.29) is 18.1 Å². The van der Waals surface area contributed by atoms with Gasteiger partial charge < -0.3 is 15.5 Å². The number of aliphatic imine (C=N–C) groups is 2. The van der Waals surface area contributed by atoms with Crippen LogP contribution in [0.25, 0.3) is 0 Å². The van der Waals surface area contributed by atoms with Gasteiger partial charge in [0.1, 0.15) is 0 Å². The number of hydrogen-bond acceptors (Lipinski definition) is 3. The van der Waals surface area contributed by atoms with E-state index >= 15 is 0 Å². The number of benzene rings is 2. The third kappa shape index (κ3) is 6.93. The zero-order valence-electron chi connectivity index (χ0n) is 19.8. The normalized spacial score (nSPS) is 16.1. The molecule has 1 aliphatic heterocycles. The monoisotopic (exact) mass is 471 g/mol. The maximum atomic E-state index is 13.4. The van der Waals surface area contributed by atoms with Gasteiger partial charge in [0.15, 0.2) is 0 Å². The van der Waals surface area contributed by atoms with E-state index in [1.165, 1.54) is 0 Å². The van der Waals surface area contributed by atoms with Gasteiger partial charge in [0, 0.05) is 31.9 Å². The minimum atomic E-state index is -4.59. The Morgan fingerprint density at radius 2 is 1.62 bits per heavy atom. The van der Waals surface area contributed by atoms with Crippen molar-refractivity contribution in [3.63, 3.8) is 0 Å². The Morgan fingerprint density at radius 1 is 1.00 bits per heavy atom. The van der Waals surface area contributed by atoms with Crippen LogP contribution in [0.5, 0.6) is 0 Å². The maximum Gasteiger partial charge on any atom is 0.417 e. The highest BCUT2D eigenvalue weighted by atomic mass is 19.4. The molecule has 2 aromatic carbocycles. The van der Waals surface area contributed by atoms with Crippen molar-refractivity contribution in [2.75, 3.05) is 38.1 Å². The Balaban J connectivity index is 1.77. The number of anilines is 1. The van der Waals surface area contributed by atoms with Crippen LogP contribution in [0.3, 0.4) is 0 Å². The molecule has 0 bridgehead atoms. The third-order valence-electron chi connectivity index (χ3n) is 6.03. The number of likely N-dealkylation sites (N-methyl/N-ethyl adjacent to an activating group) is 1. The molecule has 0 spiro atoms. The molecule has 1 saturated heterocycles. The average molecular weight is 472 g/mol. The van der Waals surface area contributed by atoms with E-state index in [1.54, 1.807) is 12.1 Å². The predicted molar refractivity (Wildman–Crippen MR) is 134 cm³/mol. The lowest BCUT2D eigenvalue weighted by Gasteiger charge is -2.34. The molecule has 0 aliphatic carbocycles. The van der Waals surface area contributed by atoms with Crippen molar-refractivity contribution in [2.24, 2.45) is 15.7 Å². The third-order valence-corrected chi connectivity index (χ3v) is 6.03. The Bertz CT molecular complexity index is 1030. The van der Waals surface area contributed by atoms with Crippen molar-refractivity contribution in [1.82, 2.24) is 4.90 Å². The van der Waals surface area contributed by atoms with Crippen molar-refractivity contribution in [1.29, 1.82) is 0 Å². The van der Waals surface area contributed by atoms with Crippen molar-refractivity contribution in [2.45, 2.75) is 32.4 Å². The van der Waals surface area contributed by atoms with Crippen LogP contribution in [0.15, 0.2) is 70.7 Å². The second kappa shape index (κ2) is 11.3. The lowest BCUT2D eigenvalue weighted by Crippen LogP contribution is -2.44. The number of alkyl halides is 3. The predicted octanol–water partition coefficient (Wildman–Crippen LogP) is 5.14. The summed E-state index contributed by atoms with van der Waals surface area (Å²) in [5.41, 5.74) is 8.45. The molecule has 0 unspecified atom stereocenters. The van der Waals surface area contributed by atoms with Crippen LogP contribution in [-0.2, 0) is 12.8 Å². The van der Waals surface area contributed by atoms with Gasteiger partial charge in [-0.2, -0.15) is 13.2 Å².